The predicted molar refractivity (Wildman–Crippen MR) is 69.2 cm³/mol. The molecule has 0 bridgehead atoms. The van der Waals surface area contributed by atoms with Gasteiger partial charge in [-0.15, -0.1) is 0 Å². The molecule has 1 unspecified atom stereocenters. The minimum absolute atomic E-state index is 0.231. The van der Waals surface area contributed by atoms with Gasteiger partial charge < -0.3 is 15.6 Å². The van der Waals surface area contributed by atoms with Crippen LogP contribution in [0.25, 0.3) is 0 Å². The molecule has 0 spiro atoms. The maximum Gasteiger partial charge on any atom is 0.321 e. The van der Waals surface area contributed by atoms with E-state index in [2.05, 4.69) is 27.6 Å². The van der Waals surface area contributed by atoms with E-state index < -0.39 is 0 Å². The number of fused-ring (bicyclic) bond motifs is 1. The lowest BCUT2D eigenvalue weighted by atomic mass is 9.87. The van der Waals surface area contributed by atoms with Crippen LogP contribution < -0.4 is 11.1 Å². The van der Waals surface area contributed by atoms with E-state index in [-0.39, 0.29) is 6.04 Å². The van der Waals surface area contributed by atoms with Crippen molar-refractivity contribution < 1.29 is 4.52 Å². The number of benzene rings is 1. The first-order chi connectivity index (χ1) is 8.72. The van der Waals surface area contributed by atoms with Gasteiger partial charge >= 0.3 is 6.01 Å². The topological polar surface area (TPSA) is 77.0 Å². The minimum atomic E-state index is 0.231. The number of hydrogen-bond donors (Lipinski definition) is 2. The third-order valence-corrected chi connectivity index (χ3v) is 3.31. The Bertz CT molecular complexity index is 564. The SMILES string of the molecule is Cc1noc(NC2CCCc3cc(N)ccc32)n1. The monoisotopic (exact) mass is 244 g/mol. The van der Waals surface area contributed by atoms with Crippen LogP contribution in [0.4, 0.5) is 11.7 Å². The van der Waals surface area contributed by atoms with E-state index in [1.165, 1.54) is 11.1 Å². The zero-order valence-electron chi connectivity index (χ0n) is 10.3. The summed E-state index contributed by atoms with van der Waals surface area (Å²) in [6.07, 6.45) is 3.29. The zero-order valence-corrected chi connectivity index (χ0v) is 10.3. The van der Waals surface area contributed by atoms with Crippen molar-refractivity contribution in [3.05, 3.63) is 35.2 Å². The molecule has 5 heteroatoms. The maximum absolute atomic E-state index is 5.82. The van der Waals surface area contributed by atoms with Crippen LogP contribution >= 0.6 is 0 Å². The summed E-state index contributed by atoms with van der Waals surface area (Å²) in [6, 6.07) is 6.81. The smallest absolute Gasteiger partial charge is 0.321 e. The number of anilines is 2. The molecule has 0 saturated carbocycles. The first-order valence-electron chi connectivity index (χ1n) is 6.17. The third kappa shape index (κ3) is 2.03. The van der Waals surface area contributed by atoms with Crippen LogP contribution in [0.5, 0.6) is 0 Å². The molecule has 1 atom stereocenters. The molecular weight excluding hydrogens is 228 g/mol. The van der Waals surface area contributed by atoms with E-state index in [0.717, 1.165) is 24.9 Å². The summed E-state index contributed by atoms with van der Waals surface area (Å²) in [7, 11) is 0. The molecule has 3 rings (SSSR count). The van der Waals surface area contributed by atoms with Gasteiger partial charge in [-0.2, -0.15) is 4.98 Å². The van der Waals surface area contributed by atoms with Gasteiger partial charge in [0.25, 0.3) is 0 Å². The van der Waals surface area contributed by atoms with Gasteiger partial charge in [-0.1, -0.05) is 11.2 Å². The molecule has 0 saturated heterocycles. The zero-order chi connectivity index (χ0) is 12.5. The molecule has 3 N–H and O–H groups in total. The number of nitrogens with one attached hydrogen (secondary N) is 1. The first-order valence-corrected chi connectivity index (χ1v) is 6.17. The Hall–Kier alpha value is -2.04. The van der Waals surface area contributed by atoms with Gasteiger partial charge in [-0.25, -0.2) is 0 Å². The molecule has 5 nitrogen and oxygen atoms in total. The highest BCUT2D eigenvalue weighted by Crippen LogP contribution is 2.33. The molecule has 0 fully saturated rings. The Morgan fingerprint density at radius 2 is 2.33 bits per heavy atom. The fraction of sp³-hybridized carbons (Fsp3) is 0.385. The van der Waals surface area contributed by atoms with E-state index in [1.807, 2.05) is 13.0 Å². The van der Waals surface area contributed by atoms with Crippen molar-refractivity contribution in [3.63, 3.8) is 0 Å². The normalized spacial score (nSPS) is 18.4. The second-order valence-electron chi connectivity index (χ2n) is 4.69. The van der Waals surface area contributed by atoms with Crippen molar-refractivity contribution in [2.75, 3.05) is 11.1 Å². The Balaban J connectivity index is 1.87. The van der Waals surface area contributed by atoms with Crippen molar-refractivity contribution in [1.82, 2.24) is 10.1 Å². The van der Waals surface area contributed by atoms with Gasteiger partial charge in [0.1, 0.15) is 0 Å². The van der Waals surface area contributed by atoms with Crippen LogP contribution in [0.2, 0.25) is 0 Å². The predicted octanol–water partition coefficient (Wildman–Crippen LogP) is 2.45. The fourth-order valence-corrected chi connectivity index (χ4v) is 2.49. The van der Waals surface area contributed by atoms with Crippen LogP contribution in [0, 0.1) is 6.92 Å². The molecule has 1 aliphatic rings. The van der Waals surface area contributed by atoms with Crippen LogP contribution in [0.3, 0.4) is 0 Å². The number of nitrogens with zero attached hydrogens (tertiary/aromatic N) is 2. The average Bonchev–Trinajstić information content (AvgIpc) is 2.75. The van der Waals surface area contributed by atoms with Crippen molar-refractivity contribution in [3.8, 4) is 0 Å². The molecule has 0 radical (unpaired) electrons. The summed E-state index contributed by atoms with van der Waals surface area (Å²) in [5.41, 5.74) is 9.24. The molecule has 1 aromatic carbocycles. The van der Waals surface area contributed by atoms with Gasteiger partial charge in [-0.05, 0) is 49.4 Å². The van der Waals surface area contributed by atoms with Crippen LogP contribution in [0.1, 0.15) is 35.8 Å². The van der Waals surface area contributed by atoms with Gasteiger partial charge in [0, 0.05) is 5.69 Å². The Morgan fingerprint density at radius 3 is 3.11 bits per heavy atom. The van der Waals surface area contributed by atoms with Gasteiger partial charge in [0.2, 0.25) is 0 Å². The van der Waals surface area contributed by atoms with Crippen molar-refractivity contribution >= 4 is 11.7 Å². The molecule has 0 aliphatic heterocycles. The molecular formula is C13H16N4O. The highest BCUT2D eigenvalue weighted by atomic mass is 16.5. The third-order valence-electron chi connectivity index (χ3n) is 3.31. The largest absolute Gasteiger partial charge is 0.399 e. The van der Waals surface area contributed by atoms with Crippen molar-refractivity contribution in [1.29, 1.82) is 0 Å². The summed E-state index contributed by atoms with van der Waals surface area (Å²) in [5.74, 6) is 0.644. The second-order valence-corrected chi connectivity index (χ2v) is 4.69. The number of aryl methyl sites for hydroxylation is 2. The maximum atomic E-state index is 5.82. The van der Waals surface area contributed by atoms with Crippen molar-refractivity contribution in [2.45, 2.75) is 32.2 Å². The molecule has 1 heterocycles. The van der Waals surface area contributed by atoms with Gasteiger partial charge in [-0.3, -0.25) is 0 Å². The minimum Gasteiger partial charge on any atom is -0.399 e. The number of hydrogen-bond acceptors (Lipinski definition) is 5. The number of aromatic nitrogens is 2. The summed E-state index contributed by atoms with van der Waals surface area (Å²) < 4.78 is 5.11. The highest BCUT2D eigenvalue weighted by molar-refractivity contribution is 5.48. The highest BCUT2D eigenvalue weighted by Gasteiger charge is 2.21. The summed E-state index contributed by atoms with van der Waals surface area (Å²) in [4.78, 5) is 4.18. The standard InChI is InChI=1S/C13H16N4O/c1-8-15-13(18-17-8)16-12-4-2-3-9-7-10(14)5-6-11(9)12/h5-7,12H,2-4,14H2,1H3,(H,15,16,17). The molecule has 0 amide bonds. The second kappa shape index (κ2) is 4.33. The quantitative estimate of drug-likeness (QED) is 0.793. The number of rotatable bonds is 2. The molecule has 1 aliphatic carbocycles. The Kier molecular flexibility index (Phi) is 2.66. The van der Waals surface area contributed by atoms with Gasteiger partial charge in [0.05, 0.1) is 6.04 Å². The van der Waals surface area contributed by atoms with E-state index in [0.29, 0.717) is 11.8 Å². The Morgan fingerprint density at radius 1 is 1.44 bits per heavy atom. The van der Waals surface area contributed by atoms with Crippen LogP contribution in [0.15, 0.2) is 22.7 Å². The summed E-state index contributed by atoms with van der Waals surface area (Å²) >= 11 is 0. The van der Waals surface area contributed by atoms with E-state index in [1.54, 1.807) is 0 Å². The lowest BCUT2D eigenvalue weighted by Gasteiger charge is -2.25. The van der Waals surface area contributed by atoms with E-state index in [4.69, 9.17) is 10.3 Å². The van der Waals surface area contributed by atoms with Crippen LogP contribution in [-0.2, 0) is 6.42 Å². The average molecular weight is 244 g/mol. The fourth-order valence-electron chi connectivity index (χ4n) is 2.49. The lowest BCUT2D eigenvalue weighted by Crippen LogP contribution is -2.17. The first kappa shape index (κ1) is 11.1. The molecule has 1 aromatic heterocycles. The molecule has 18 heavy (non-hydrogen) atoms. The summed E-state index contributed by atoms with van der Waals surface area (Å²) in [5, 5.41) is 7.08. The molecule has 94 valence electrons. The van der Waals surface area contributed by atoms with Crippen molar-refractivity contribution in [2.24, 2.45) is 0 Å². The van der Waals surface area contributed by atoms with E-state index >= 15 is 0 Å². The van der Waals surface area contributed by atoms with Gasteiger partial charge in [0.15, 0.2) is 5.82 Å². The number of nitrogens with two attached hydrogens (primary N) is 1. The van der Waals surface area contributed by atoms with E-state index in [9.17, 15) is 0 Å². The number of nitrogen functional groups attached to an aromatic ring is 1. The summed E-state index contributed by atoms with van der Waals surface area (Å²) in [6.45, 7) is 1.81. The molecule has 2 aromatic rings. The Labute approximate surface area is 105 Å². The lowest BCUT2D eigenvalue weighted by molar-refractivity contribution is 0.418. The van der Waals surface area contributed by atoms with Crippen LogP contribution in [-0.4, -0.2) is 10.1 Å².